The molecular formula is C15H15FN2O3. The second kappa shape index (κ2) is 6.21. The number of nitro benzene ring substituents is 1. The molecule has 0 aliphatic heterocycles. The fraction of sp³-hybridized carbons (Fsp3) is 0.200. The average Bonchev–Trinajstić information content (AvgIpc) is 2.46. The number of ether oxygens (including phenoxy) is 1. The number of anilines is 1. The van der Waals surface area contributed by atoms with Crippen LogP contribution in [0.25, 0.3) is 0 Å². The Morgan fingerprint density at radius 3 is 2.67 bits per heavy atom. The standard InChI is InChI=1S/C15H15FN2O3/c1-10-3-5-12(8-14(10)18(19)20)17-9-11-4-6-15(21-2)13(16)7-11/h3-8,17H,9H2,1-2H3. The summed E-state index contributed by atoms with van der Waals surface area (Å²) in [6.45, 7) is 2.04. The molecule has 0 aliphatic carbocycles. The highest BCUT2D eigenvalue weighted by molar-refractivity contribution is 5.55. The molecule has 6 heteroatoms. The summed E-state index contributed by atoms with van der Waals surface area (Å²) in [5, 5.41) is 13.9. The second-order valence-electron chi connectivity index (χ2n) is 4.58. The predicted octanol–water partition coefficient (Wildman–Crippen LogP) is 3.66. The van der Waals surface area contributed by atoms with Crippen LogP contribution in [0.1, 0.15) is 11.1 Å². The van der Waals surface area contributed by atoms with Crippen LogP contribution in [-0.4, -0.2) is 12.0 Å². The number of nitro groups is 1. The number of rotatable bonds is 5. The van der Waals surface area contributed by atoms with E-state index in [1.54, 1.807) is 31.2 Å². The van der Waals surface area contributed by atoms with Crippen molar-refractivity contribution in [3.8, 4) is 5.75 Å². The Morgan fingerprint density at radius 2 is 2.05 bits per heavy atom. The molecule has 0 aromatic heterocycles. The maximum Gasteiger partial charge on any atom is 0.274 e. The van der Waals surface area contributed by atoms with Crippen LogP contribution in [0.4, 0.5) is 15.8 Å². The molecule has 0 aliphatic rings. The van der Waals surface area contributed by atoms with E-state index in [4.69, 9.17) is 4.74 Å². The maximum atomic E-state index is 13.6. The van der Waals surface area contributed by atoms with Crippen molar-refractivity contribution < 1.29 is 14.1 Å². The SMILES string of the molecule is COc1ccc(CNc2ccc(C)c([N+](=O)[O-])c2)cc1F. The van der Waals surface area contributed by atoms with Gasteiger partial charge >= 0.3 is 0 Å². The molecule has 0 fully saturated rings. The van der Waals surface area contributed by atoms with Gasteiger partial charge < -0.3 is 10.1 Å². The highest BCUT2D eigenvalue weighted by Crippen LogP contribution is 2.23. The van der Waals surface area contributed by atoms with E-state index >= 15 is 0 Å². The van der Waals surface area contributed by atoms with Crippen LogP contribution < -0.4 is 10.1 Å². The van der Waals surface area contributed by atoms with Crippen LogP contribution in [0.2, 0.25) is 0 Å². The summed E-state index contributed by atoms with van der Waals surface area (Å²) in [5.41, 5.74) is 1.99. The number of benzene rings is 2. The van der Waals surface area contributed by atoms with Gasteiger partial charge in [0, 0.05) is 23.9 Å². The Kier molecular flexibility index (Phi) is 4.37. The monoisotopic (exact) mass is 290 g/mol. The lowest BCUT2D eigenvalue weighted by molar-refractivity contribution is -0.385. The van der Waals surface area contributed by atoms with Crippen molar-refractivity contribution in [1.82, 2.24) is 0 Å². The minimum Gasteiger partial charge on any atom is -0.494 e. The van der Waals surface area contributed by atoms with Crippen molar-refractivity contribution >= 4 is 11.4 Å². The van der Waals surface area contributed by atoms with E-state index in [1.165, 1.54) is 19.2 Å². The topological polar surface area (TPSA) is 64.4 Å². The van der Waals surface area contributed by atoms with Gasteiger partial charge in [-0.3, -0.25) is 10.1 Å². The van der Waals surface area contributed by atoms with Crippen molar-refractivity contribution in [2.24, 2.45) is 0 Å². The van der Waals surface area contributed by atoms with Gasteiger partial charge in [-0.1, -0.05) is 12.1 Å². The zero-order valence-corrected chi connectivity index (χ0v) is 11.7. The zero-order chi connectivity index (χ0) is 15.4. The molecule has 0 saturated heterocycles. The van der Waals surface area contributed by atoms with Crippen LogP contribution >= 0.6 is 0 Å². The second-order valence-corrected chi connectivity index (χ2v) is 4.58. The number of hydrogen-bond donors (Lipinski definition) is 1. The van der Waals surface area contributed by atoms with Crippen LogP contribution in [0.3, 0.4) is 0 Å². The van der Waals surface area contributed by atoms with E-state index in [0.29, 0.717) is 17.8 Å². The summed E-state index contributed by atoms with van der Waals surface area (Å²) in [7, 11) is 1.40. The first-order chi connectivity index (χ1) is 10.0. The Hall–Kier alpha value is -2.63. The van der Waals surface area contributed by atoms with Gasteiger partial charge in [0.05, 0.1) is 12.0 Å². The number of nitrogens with zero attached hydrogens (tertiary/aromatic N) is 1. The van der Waals surface area contributed by atoms with Crippen molar-refractivity contribution in [3.05, 3.63) is 63.5 Å². The minimum atomic E-state index is -0.438. The third-order valence-electron chi connectivity index (χ3n) is 3.12. The first-order valence-electron chi connectivity index (χ1n) is 6.32. The summed E-state index contributed by atoms with van der Waals surface area (Å²) >= 11 is 0. The van der Waals surface area contributed by atoms with Crippen LogP contribution in [0.5, 0.6) is 5.75 Å². The largest absolute Gasteiger partial charge is 0.494 e. The first kappa shape index (κ1) is 14.8. The molecule has 0 saturated carbocycles. The Morgan fingerprint density at radius 1 is 1.29 bits per heavy atom. The molecule has 110 valence electrons. The van der Waals surface area contributed by atoms with E-state index in [1.807, 2.05) is 0 Å². The molecule has 2 rings (SSSR count). The number of aryl methyl sites for hydroxylation is 1. The molecule has 0 amide bonds. The van der Waals surface area contributed by atoms with Gasteiger partial charge in [0.15, 0.2) is 11.6 Å². The quantitative estimate of drug-likeness (QED) is 0.674. The van der Waals surface area contributed by atoms with E-state index in [0.717, 1.165) is 5.56 Å². The zero-order valence-electron chi connectivity index (χ0n) is 11.7. The summed E-state index contributed by atoms with van der Waals surface area (Å²) in [6.07, 6.45) is 0. The van der Waals surface area contributed by atoms with Gasteiger partial charge in [-0.2, -0.15) is 0 Å². The fourth-order valence-corrected chi connectivity index (χ4v) is 1.94. The van der Waals surface area contributed by atoms with Gasteiger partial charge in [0.25, 0.3) is 5.69 Å². The Bertz CT molecular complexity index is 674. The highest BCUT2D eigenvalue weighted by Gasteiger charge is 2.11. The van der Waals surface area contributed by atoms with Crippen molar-refractivity contribution in [1.29, 1.82) is 0 Å². The molecular weight excluding hydrogens is 275 g/mol. The van der Waals surface area contributed by atoms with Crippen LogP contribution in [0, 0.1) is 22.9 Å². The lowest BCUT2D eigenvalue weighted by atomic mass is 10.1. The molecule has 2 aromatic rings. The molecule has 0 spiro atoms. The average molecular weight is 290 g/mol. The molecule has 0 unspecified atom stereocenters. The summed E-state index contributed by atoms with van der Waals surface area (Å²) in [4.78, 5) is 10.5. The van der Waals surface area contributed by atoms with E-state index < -0.39 is 10.7 Å². The molecule has 0 radical (unpaired) electrons. The fourth-order valence-electron chi connectivity index (χ4n) is 1.94. The molecule has 21 heavy (non-hydrogen) atoms. The third-order valence-corrected chi connectivity index (χ3v) is 3.12. The van der Waals surface area contributed by atoms with E-state index in [9.17, 15) is 14.5 Å². The molecule has 5 nitrogen and oxygen atoms in total. The van der Waals surface area contributed by atoms with Crippen LogP contribution in [0.15, 0.2) is 36.4 Å². The van der Waals surface area contributed by atoms with Gasteiger partial charge in [0.1, 0.15) is 0 Å². The normalized spacial score (nSPS) is 10.2. The van der Waals surface area contributed by atoms with Gasteiger partial charge in [0.2, 0.25) is 0 Å². The molecule has 0 bridgehead atoms. The summed E-state index contributed by atoms with van der Waals surface area (Å²) in [6, 6.07) is 9.54. The van der Waals surface area contributed by atoms with E-state index in [2.05, 4.69) is 5.32 Å². The predicted molar refractivity (Wildman–Crippen MR) is 78.1 cm³/mol. The minimum absolute atomic E-state index is 0.0564. The third kappa shape index (κ3) is 3.47. The maximum absolute atomic E-state index is 13.6. The summed E-state index contributed by atoms with van der Waals surface area (Å²) < 4.78 is 18.4. The smallest absolute Gasteiger partial charge is 0.274 e. The molecule has 1 N–H and O–H groups in total. The van der Waals surface area contributed by atoms with Crippen molar-refractivity contribution in [2.75, 3.05) is 12.4 Å². The highest BCUT2D eigenvalue weighted by atomic mass is 19.1. The first-order valence-corrected chi connectivity index (χ1v) is 6.32. The van der Waals surface area contributed by atoms with Crippen molar-refractivity contribution in [3.63, 3.8) is 0 Å². The molecule has 0 heterocycles. The number of halogens is 1. The lowest BCUT2D eigenvalue weighted by Gasteiger charge is -2.09. The molecule has 0 atom stereocenters. The number of hydrogen-bond acceptors (Lipinski definition) is 4. The van der Waals surface area contributed by atoms with Crippen LogP contribution in [-0.2, 0) is 6.54 Å². The Labute approximate surface area is 121 Å². The van der Waals surface area contributed by atoms with Gasteiger partial charge in [-0.05, 0) is 30.7 Å². The van der Waals surface area contributed by atoms with Crippen molar-refractivity contribution in [2.45, 2.75) is 13.5 Å². The summed E-state index contributed by atoms with van der Waals surface area (Å²) in [5.74, 6) is -0.253. The lowest BCUT2D eigenvalue weighted by Crippen LogP contribution is -2.01. The number of nitrogens with one attached hydrogen (secondary N) is 1. The molecule has 2 aromatic carbocycles. The van der Waals surface area contributed by atoms with Gasteiger partial charge in [-0.15, -0.1) is 0 Å². The van der Waals surface area contributed by atoms with Gasteiger partial charge in [-0.25, -0.2) is 4.39 Å². The number of methoxy groups -OCH3 is 1. The Balaban J connectivity index is 2.11. The van der Waals surface area contributed by atoms with E-state index in [-0.39, 0.29) is 11.4 Å².